The number of carbonyl (C=O) groups excluding carboxylic acids is 4. The lowest BCUT2D eigenvalue weighted by Crippen LogP contribution is -2.49. The number of fused-ring (bicyclic) bond motifs is 4. The second-order valence-electron chi connectivity index (χ2n) is 11.4. The normalized spacial score (nSPS) is 30.0. The quantitative estimate of drug-likeness (QED) is 0.290. The number of allylic oxidation sites excluding steroid dienone is 3. The lowest BCUT2D eigenvalue weighted by molar-refractivity contribution is -0.173. The molecule has 6 atom stereocenters. The van der Waals surface area contributed by atoms with Crippen LogP contribution in [0.1, 0.15) is 25.3 Å². The Bertz CT molecular complexity index is 1630. The minimum atomic E-state index is -1.32. The van der Waals surface area contributed by atoms with Gasteiger partial charge in [0.1, 0.15) is 5.82 Å². The van der Waals surface area contributed by atoms with Gasteiger partial charge < -0.3 is 14.6 Å². The summed E-state index contributed by atoms with van der Waals surface area (Å²) >= 11 is 6.01. The first-order valence-corrected chi connectivity index (χ1v) is 14.0. The van der Waals surface area contributed by atoms with E-state index >= 15 is 0 Å². The zero-order chi connectivity index (χ0) is 31.0. The van der Waals surface area contributed by atoms with Crippen LogP contribution in [0.3, 0.4) is 0 Å². The Kier molecular flexibility index (Phi) is 6.85. The molecule has 1 saturated carbocycles. The molecular weight excluding hydrogens is 583 g/mol. The molecule has 2 N–H and O–H groups in total. The first-order chi connectivity index (χ1) is 20.4. The van der Waals surface area contributed by atoms with Crippen LogP contribution in [0.4, 0.5) is 10.1 Å². The summed E-state index contributed by atoms with van der Waals surface area (Å²) in [5.41, 5.74) is 0.0802. The van der Waals surface area contributed by atoms with E-state index in [0.717, 1.165) is 11.0 Å². The Balaban J connectivity index is 1.49. The van der Waals surface area contributed by atoms with Crippen LogP contribution in [0.25, 0.3) is 6.08 Å². The average molecular weight is 611 g/mol. The van der Waals surface area contributed by atoms with Gasteiger partial charge in [-0.1, -0.05) is 35.4 Å². The maximum atomic E-state index is 14.3. The fourth-order valence-corrected chi connectivity index (χ4v) is 7.46. The maximum absolute atomic E-state index is 14.3. The predicted octanol–water partition coefficient (Wildman–Crippen LogP) is 4.37. The van der Waals surface area contributed by atoms with Gasteiger partial charge in [-0.25, -0.2) is 9.29 Å². The fourth-order valence-electron chi connectivity index (χ4n) is 7.29. The third kappa shape index (κ3) is 4.09. The van der Waals surface area contributed by atoms with Gasteiger partial charge in [-0.15, -0.1) is 0 Å². The molecule has 0 radical (unpaired) electrons. The van der Waals surface area contributed by atoms with E-state index in [9.17, 15) is 33.9 Å². The molecule has 2 aliphatic heterocycles. The van der Waals surface area contributed by atoms with Crippen LogP contribution < -0.4 is 14.4 Å². The van der Waals surface area contributed by atoms with Crippen LogP contribution >= 0.6 is 11.6 Å². The van der Waals surface area contributed by atoms with Crippen molar-refractivity contribution < 1.29 is 43.4 Å². The lowest BCUT2D eigenvalue weighted by Gasteiger charge is -2.47. The third-order valence-electron chi connectivity index (χ3n) is 9.47. The molecule has 4 aliphatic rings. The van der Waals surface area contributed by atoms with E-state index in [0.29, 0.717) is 11.1 Å². The monoisotopic (exact) mass is 610 g/mol. The van der Waals surface area contributed by atoms with Crippen LogP contribution in [0.5, 0.6) is 17.2 Å². The molecule has 2 aromatic carbocycles. The molecule has 0 bridgehead atoms. The van der Waals surface area contributed by atoms with E-state index in [1.54, 1.807) is 31.2 Å². The van der Waals surface area contributed by atoms with E-state index in [1.807, 2.05) is 6.08 Å². The van der Waals surface area contributed by atoms with Crippen molar-refractivity contribution in [2.75, 3.05) is 19.1 Å². The molecule has 3 fully saturated rings. The Morgan fingerprint density at radius 1 is 1.02 bits per heavy atom. The number of carbonyl (C=O) groups is 4. The number of nitrogens with zero attached hydrogens (tertiary/aromatic N) is 2. The van der Waals surface area contributed by atoms with Gasteiger partial charge in [0, 0.05) is 5.92 Å². The molecule has 224 valence electrons. The second-order valence-corrected chi connectivity index (χ2v) is 11.8. The van der Waals surface area contributed by atoms with Crippen molar-refractivity contribution >= 4 is 47.0 Å². The number of phenolic OH excluding ortho intramolecular Hbond substituents is 1. The summed E-state index contributed by atoms with van der Waals surface area (Å²) in [6.45, 7) is 1.69. The van der Waals surface area contributed by atoms with Crippen molar-refractivity contribution in [2.24, 2.45) is 35.0 Å². The molecule has 0 unspecified atom stereocenters. The number of ether oxygens (including phenoxy) is 2. The molecule has 10 nitrogen and oxygen atoms in total. The average Bonchev–Trinajstić information content (AvgIpc) is 3.33. The van der Waals surface area contributed by atoms with E-state index in [4.69, 9.17) is 21.1 Å². The van der Waals surface area contributed by atoms with E-state index in [-0.39, 0.29) is 45.9 Å². The number of amides is 4. The van der Waals surface area contributed by atoms with Gasteiger partial charge in [0.15, 0.2) is 11.5 Å². The molecule has 6 rings (SSSR count). The summed E-state index contributed by atoms with van der Waals surface area (Å²) in [7, 11) is 2.79. The molecule has 0 spiro atoms. The van der Waals surface area contributed by atoms with Gasteiger partial charge in [0.05, 0.1) is 48.1 Å². The first-order valence-electron chi connectivity index (χ1n) is 13.7. The highest BCUT2D eigenvalue weighted by Crippen LogP contribution is 2.61. The van der Waals surface area contributed by atoms with Crippen LogP contribution in [-0.2, 0) is 19.2 Å². The number of benzene rings is 2. The first kappa shape index (κ1) is 28.9. The number of hydroxylamine groups is 2. The summed E-state index contributed by atoms with van der Waals surface area (Å²) in [5.74, 6) is -6.90. The van der Waals surface area contributed by atoms with E-state index < -0.39 is 64.5 Å². The Hall–Kier alpha value is -4.22. The van der Waals surface area contributed by atoms with Crippen molar-refractivity contribution in [3.63, 3.8) is 0 Å². The summed E-state index contributed by atoms with van der Waals surface area (Å²) in [6, 6.07) is 6.77. The number of hydrogen-bond acceptors (Lipinski definition) is 8. The Morgan fingerprint density at radius 3 is 2.33 bits per heavy atom. The SMILES string of the molecule is COc1cc(C=C[C@H]2C3=CC[C@@H]4C(=O)N(O)C(=O)[C@@H]4[C@@H]3C[C@H]3C(=O)N(c4ccc(F)c(Cl)c4)C(=O)[C@@]23C)cc(OC)c1O. The number of aromatic hydroxyl groups is 1. The van der Waals surface area contributed by atoms with Crippen molar-refractivity contribution in [3.8, 4) is 17.2 Å². The zero-order valence-corrected chi connectivity index (χ0v) is 24.2. The van der Waals surface area contributed by atoms with Crippen molar-refractivity contribution in [1.29, 1.82) is 0 Å². The van der Waals surface area contributed by atoms with Gasteiger partial charge in [-0.3, -0.25) is 24.4 Å². The third-order valence-corrected chi connectivity index (χ3v) is 9.76. The molecule has 2 saturated heterocycles. The van der Waals surface area contributed by atoms with Crippen LogP contribution in [0.2, 0.25) is 5.02 Å². The summed E-state index contributed by atoms with van der Waals surface area (Å²) < 4.78 is 24.5. The lowest BCUT2D eigenvalue weighted by atomic mass is 9.52. The maximum Gasteiger partial charge on any atom is 0.257 e. The Labute approximate surface area is 250 Å². The van der Waals surface area contributed by atoms with Gasteiger partial charge >= 0.3 is 0 Å². The standard InChI is InChI=1S/C31H28ClFN2O8/c1-31-19(8-4-14-10-23(42-2)26(36)24(11-14)43-3)16-6-7-17-25(29(39)35(41)27(17)37)18(16)13-20(31)28(38)34(30(31)40)15-5-9-22(33)21(32)12-15/h4-6,8-12,17-20,25,36,41H,7,13H2,1-3H3/t17-,18+,19-,20-,25-,31-/m0/s1. The molecule has 2 heterocycles. The fraction of sp³-hybridized carbons (Fsp3) is 0.355. The molecule has 43 heavy (non-hydrogen) atoms. The second kappa shape index (κ2) is 10.2. The largest absolute Gasteiger partial charge is 0.502 e. The number of phenols is 1. The van der Waals surface area contributed by atoms with E-state index in [2.05, 4.69) is 0 Å². The smallest absolute Gasteiger partial charge is 0.257 e. The summed E-state index contributed by atoms with van der Waals surface area (Å²) in [5, 5.41) is 20.4. The molecular formula is C31H28ClFN2O8. The van der Waals surface area contributed by atoms with Gasteiger partial charge in [0.2, 0.25) is 17.6 Å². The number of imide groups is 2. The molecule has 0 aromatic heterocycles. The summed E-state index contributed by atoms with van der Waals surface area (Å²) in [6.07, 6.45) is 5.59. The number of rotatable bonds is 5. The highest BCUT2D eigenvalue weighted by molar-refractivity contribution is 6.31. The molecule has 2 aliphatic carbocycles. The topological polar surface area (TPSA) is 134 Å². The molecule has 2 aromatic rings. The minimum Gasteiger partial charge on any atom is -0.502 e. The number of methoxy groups -OCH3 is 2. The molecule has 4 amide bonds. The van der Waals surface area contributed by atoms with Gasteiger partial charge in [-0.2, -0.15) is 5.06 Å². The number of halogens is 2. The Morgan fingerprint density at radius 2 is 1.70 bits per heavy atom. The van der Waals surface area contributed by atoms with Crippen LogP contribution in [-0.4, -0.2) is 53.2 Å². The highest BCUT2D eigenvalue weighted by Gasteiger charge is 2.66. The van der Waals surface area contributed by atoms with Gasteiger partial charge in [0.25, 0.3) is 11.8 Å². The summed E-state index contributed by atoms with van der Waals surface area (Å²) in [4.78, 5) is 55.0. The minimum absolute atomic E-state index is 0.0948. The van der Waals surface area contributed by atoms with Crippen molar-refractivity contribution in [3.05, 3.63) is 64.5 Å². The van der Waals surface area contributed by atoms with Crippen LogP contribution in [0, 0.1) is 40.8 Å². The number of hydrogen-bond donors (Lipinski definition) is 2. The highest BCUT2D eigenvalue weighted by atomic mass is 35.5. The predicted molar refractivity (Wildman–Crippen MR) is 151 cm³/mol. The van der Waals surface area contributed by atoms with Crippen molar-refractivity contribution in [1.82, 2.24) is 5.06 Å². The molecule has 12 heteroatoms. The van der Waals surface area contributed by atoms with E-state index in [1.165, 1.54) is 26.4 Å². The zero-order valence-electron chi connectivity index (χ0n) is 23.4. The van der Waals surface area contributed by atoms with Crippen molar-refractivity contribution in [2.45, 2.75) is 19.8 Å². The van der Waals surface area contributed by atoms with Gasteiger partial charge in [-0.05, 0) is 61.6 Å². The van der Waals surface area contributed by atoms with Crippen LogP contribution in [0.15, 0.2) is 48.1 Å². The number of anilines is 1.